The van der Waals surface area contributed by atoms with Gasteiger partial charge in [-0.2, -0.15) is 0 Å². The summed E-state index contributed by atoms with van der Waals surface area (Å²) in [4.78, 5) is 30.6. The molecule has 0 atom stereocenters. The molecule has 0 bridgehead atoms. The molecular weight excluding hydrogens is 392 g/mol. The highest BCUT2D eigenvalue weighted by Crippen LogP contribution is 2.26. The van der Waals surface area contributed by atoms with Crippen molar-refractivity contribution in [2.75, 3.05) is 43.4 Å². The van der Waals surface area contributed by atoms with Crippen LogP contribution < -0.4 is 15.5 Å². The van der Waals surface area contributed by atoms with Crippen LogP contribution in [0.1, 0.15) is 21.7 Å². The summed E-state index contributed by atoms with van der Waals surface area (Å²) in [6, 6.07) is 3.79. The molecule has 4 aromatic rings. The number of hydrogen-bond donors (Lipinski definition) is 2. The number of aryl methyl sites for hydroxylation is 2. The minimum atomic E-state index is 0.594. The number of carbonyl (C=O) groups is 1. The average Bonchev–Trinajstić information content (AvgIpc) is 3.20. The Bertz CT molecular complexity index is 1210. The molecule has 0 unspecified atom stereocenters. The van der Waals surface area contributed by atoms with E-state index in [2.05, 4.69) is 35.5 Å². The van der Waals surface area contributed by atoms with Gasteiger partial charge in [0.25, 0.3) is 0 Å². The summed E-state index contributed by atoms with van der Waals surface area (Å²) >= 11 is 0. The smallest absolute Gasteiger partial charge is 0.158 e. The zero-order chi connectivity index (χ0) is 21.8. The second-order valence-corrected chi connectivity index (χ2v) is 7.36. The second kappa shape index (κ2) is 9.05. The summed E-state index contributed by atoms with van der Waals surface area (Å²) in [5.74, 6) is 0.863. The number of rotatable bonds is 3. The highest BCUT2D eigenvalue weighted by Gasteiger charge is 2.15. The predicted octanol–water partition coefficient (Wildman–Crippen LogP) is 2.24. The lowest BCUT2D eigenvalue weighted by Gasteiger charge is -2.30. The van der Waals surface area contributed by atoms with Crippen molar-refractivity contribution >= 4 is 34.5 Å². The Morgan fingerprint density at radius 2 is 1.77 bits per heavy atom. The van der Waals surface area contributed by atoms with Gasteiger partial charge in [0.15, 0.2) is 11.9 Å². The topological polar surface area (TPSA) is 100 Å². The van der Waals surface area contributed by atoms with Crippen LogP contribution in [-0.4, -0.2) is 63.8 Å². The molecule has 2 N–H and O–H groups in total. The molecule has 1 aliphatic heterocycles. The maximum Gasteiger partial charge on any atom is 0.158 e. The molecule has 0 saturated carbocycles. The summed E-state index contributed by atoms with van der Waals surface area (Å²) in [6.45, 7) is 7.78. The van der Waals surface area contributed by atoms with Crippen LogP contribution >= 0.6 is 0 Å². The molecule has 0 aliphatic carbocycles. The average molecular weight is 419 g/mol. The van der Waals surface area contributed by atoms with Crippen molar-refractivity contribution in [3.8, 4) is 0 Å². The standard InChI is InChI=1S/C13H14N4O.C9H12N4/c18-9-10-1-2-11(17-7-5-14-6-8-17)13-12(10)15-3-4-16-13;1-6-4-13-5-8(10-3)12-7(2)9(13)11-6/h1-4,9,14H,5-8H2;4-5,10H,1-3H3. The number of anilines is 2. The fourth-order valence-electron chi connectivity index (χ4n) is 3.71. The predicted molar refractivity (Wildman–Crippen MR) is 122 cm³/mol. The van der Waals surface area contributed by atoms with Gasteiger partial charge in [0.1, 0.15) is 16.9 Å². The molecule has 0 amide bonds. The maximum atomic E-state index is 11.0. The van der Waals surface area contributed by atoms with Crippen molar-refractivity contribution in [3.63, 3.8) is 0 Å². The molecular formula is C22H26N8O. The number of fused-ring (bicyclic) bond motifs is 2. The number of aromatic nitrogens is 5. The third-order valence-corrected chi connectivity index (χ3v) is 5.20. The highest BCUT2D eigenvalue weighted by molar-refractivity contribution is 5.99. The van der Waals surface area contributed by atoms with Gasteiger partial charge in [0, 0.05) is 57.4 Å². The van der Waals surface area contributed by atoms with Gasteiger partial charge in [0.2, 0.25) is 0 Å². The number of benzene rings is 1. The lowest BCUT2D eigenvalue weighted by Crippen LogP contribution is -2.43. The van der Waals surface area contributed by atoms with Gasteiger partial charge < -0.3 is 19.9 Å². The van der Waals surface area contributed by atoms with E-state index in [0.717, 1.165) is 66.5 Å². The van der Waals surface area contributed by atoms with Gasteiger partial charge in [0.05, 0.1) is 23.3 Å². The van der Waals surface area contributed by atoms with E-state index in [0.29, 0.717) is 11.1 Å². The number of hydrogen-bond acceptors (Lipinski definition) is 8. The van der Waals surface area contributed by atoms with Crippen molar-refractivity contribution < 1.29 is 4.79 Å². The lowest BCUT2D eigenvalue weighted by molar-refractivity contribution is 0.112. The quantitative estimate of drug-likeness (QED) is 0.489. The van der Waals surface area contributed by atoms with Gasteiger partial charge >= 0.3 is 0 Å². The van der Waals surface area contributed by atoms with Crippen LogP contribution in [0, 0.1) is 13.8 Å². The van der Waals surface area contributed by atoms with Gasteiger partial charge in [-0.25, -0.2) is 9.97 Å². The van der Waals surface area contributed by atoms with Crippen LogP contribution in [0.15, 0.2) is 36.9 Å². The largest absolute Gasteiger partial charge is 0.372 e. The third-order valence-electron chi connectivity index (χ3n) is 5.20. The molecule has 1 saturated heterocycles. The molecule has 0 spiro atoms. The molecule has 9 nitrogen and oxygen atoms in total. The molecule has 1 aromatic carbocycles. The molecule has 5 rings (SSSR count). The van der Waals surface area contributed by atoms with Crippen LogP contribution in [0.2, 0.25) is 0 Å². The molecule has 9 heteroatoms. The lowest BCUT2D eigenvalue weighted by atomic mass is 10.1. The fourth-order valence-corrected chi connectivity index (χ4v) is 3.71. The summed E-state index contributed by atoms with van der Waals surface area (Å²) in [6.07, 6.45) is 8.05. The van der Waals surface area contributed by atoms with Crippen LogP contribution in [0.5, 0.6) is 0 Å². The number of imidazole rings is 1. The van der Waals surface area contributed by atoms with Crippen LogP contribution in [0.25, 0.3) is 16.7 Å². The number of aldehydes is 1. The second-order valence-electron chi connectivity index (χ2n) is 7.36. The van der Waals surface area contributed by atoms with E-state index >= 15 is 0 Å². The van der Waals surface area contributed by atoms with E-state index < -0.39 is 0 Å². The van der Waals surface area contributed by atoms with E-state index in [9.17, 15) is 4.79 Å². The van der Waals surface area contributed by atoms with Crippen LogP contribution in [-0.2, 0) is 0 Å². The van der Waals surface area contributed by atoms with Gasteiger partial charge in [-0.1, -0.05) is 0 Å². The van der Waals surface area contributed by atoms with Crippen LogP contribution in [0.3, 0.4) is 0 Å². The first-order chi connectivity index (χ1) is 15.1. The van der Waals surface area contributed by atoms with Crippen LogP contribution in [0.4, 0.5) is 11.5 Å². The monoisotopic (exact) mass is 418 g/mol. The summed E-state index contributed by atoms with van der Waals surface area (Å²) in [5, 5.41) is 6.33. The van der Waals surface area contributed by atoms with E-state index in [1.54, 1.807) is 12.4 Å². The molecule has 31 heavy (non-hydrogen) atoms. The Morgan fingerprint density at radius 1 is 1.03 bits per heavy atom. The minimum Gasteiger partial charge on any atom is -0.372 e. The Balaban J connectivity index is 0.000000158. The SMILES string of the molecule is CNc1cn2cc(C)nc2c(C)n1.O=Cc1ccc(N2CCNCC2)c2nccnc12. The van der Waals surface area contributed by atoms with E-state index in [4.69, 9.17) is 0 Å². The van der Waals surface area contributed by atoms with Crippen molar-refractivity contribution in [2.24, 2.45) is 0 Å². The maximum absolute atomic E-state index is 11.0. The van der Waals surface area contributed by atoms with Crippen molar-refractivity contribution in [3.05, 3.63) is 53.9 Å². The highest BCUT2D eigenvalue weighted by atomic mass is 16.1. The third kappa shape index (κ3) is 4.31. The summed E-state index contributed by atoms with van der Waals surface area (Å²) in [5.41, 5.74) is 6.03. The van der Waals surface area contributed by atoms with Gasteiger partial charge in [-0.15, -0.1) is 0 Å². The Morgan fingerprint density at radius 3 is 2.48 bits per heavy atom. The van der Waals surface area contributed by atoms with Gasteiger partial charge in [-0.3, -0.25) is 14.8 Å². The Labute approximate surface area is 180 Å². The number of nitrogens with one attached hydrogen (secondary N) is 2. The minimum absolute atomic E-state index is 0.594. The molecule has 160 valence electrons. The van der Waals surface area contributed by atoms with Gasteiger partial charge in [-0.05, 0) is 26.0 Å². The van der Waals surface area contributed by atoms with E-state index in [1.165, 1.54) is 0 Å². The van der Waals surface area contributed by atoms with E-state index in [-0.39, 0.29) is 0 Å². The summed E-state index contributed by atoms with van der Waals surface area (Å²) in [7, 11) is 1.86. The number of carbonyl (C=O) groups excluding carboxylic acids is 1. The first kappa shape index (κ1) is 20.7. The normalized spacial score (nSPS) is 13.7. The molecule has 4 heterocycles. The zero-order valence-corrected chi connectivity index (χ0v) is 18.0. The first-order valence-corrected chi connectivity index (χ1v) is 10.3. The molecule has 1 fully saturated rings. The van der Waals surface area contributed by atoms with Crippen molar-refractivity contribution in [1.82, 2.24) is 29.7 Å². The Kier molecular flexibility index (Phi) is 6.03. The Hall–Kier alpha value is -3.59. The fraction of sp³-hybridized carbons (Fsp3) is 0.318. The number of piperazine rings is 1. The summed E-state index contributed by atoms with van der Waals surface area (Å²) < 4.78 is 1.99. The van der Waals surface area contributed by atoms with Crippen molar-refractivity contribution in [2.45, 2.75) is 13.8 Å². The molecule has 3 aromatic heterocycles. The van der Waals surface area contributed by atoms with Crippen molar-refractivity contribution in [1.29, 1.82) is 0 Å². The zero-order valence-electron chi connectivity index (χ0n) is 18.0. The first-order valence-electron chi connectivity index (χ1n) is 10.3. The number of nitrogens with zero attached hydrogens (tertiary/aromatic N) is 6. The molecule has 1 aliphatic rings. The molecule has 0 radical (unpaired) electrons. The van der Waals surface area contributed by atoms with E-state index in [1.807, 2.05) is 49.8 Å².